The number of benzene rings is 1. The standard InChI is InChI=1S/C16H19FN2O2S.ClH/c1-21-9-11-14-12(17)5-2-6-13(14)22-15(11)16(20)19-7-3-4-10(19)8-18;/h2,5-6,10H,3-4,7-9,18H2,1H3;1H. The summed E-state index contributed by atoms with van der Waals surface area (Å²) in [6.07, 6.45) is 1.90. The molecule has 1 atom stereocenters. The van der Waals surface area contributed by atoms with Crippen LogP contribution in [0.2, 0.25) is 0 Å². The van der Waals surface area contributed by atoms with Crippen LogP contribution in [-0.4, -0.2) is 37.0 Å². The highest BCUT2D eigenvalue weighted by atomic mass is 35.5. The Bertz CT molecular complexity index is 707. The fraction of sp³-hybridized carbons (Fsp3) is 0.438. The molecule has 1 unspecified atom stereocenters. The van der Waals surface area contributed by atoms with Crippen molar-refractivity contribution >= 4 is 39.7 Å². The molecule has 1 aliphatic rings. The molecule has 126 valence electrons. The molecular weight excluding hydrogens is 339 g/mol. The number of fused-ring (bicyclic) bond motifs is 1. The summed E-state index contributed by atoms with van der Waals surface area (Å²) in [6.45, 7) is 1.40. The minimum Gasteiger partial charge on any atom is -0.380 e. The number of halogens is 2. The van der Waals surface area contributed by atoms with Gasteiger partial charge in [0.2, 0.25) is 0 Å². The number of ether oxygens (including phenoxy) is 1. The van der Waals surface area contributed by atoms with Gasteiger partial charge in [-0.3, -0.25) is 4.79 Å². The number of amides is 1. The van der Waals surface area contributed by atoms with Gasteiger partial charge in [0.15, 0.2) is 0 Å². The van der Waals surface area contributed by atoms with Crippen molar-refractivity contribution in [1.82, 2.24) is 4.90 Å². The summed E-state index contributed by atoms with van der Waals surface area (Å²) in [5.74, 6) is -0.364. The number of hydrogen-bond acceptors (Lipinski definition) is 4. The number of likely N-dealkylation sites (tertiary alicyclic amines) is 1. The maximum atomic E-state index is 14.2. The van der Waals surface area contributed by atoms with E-state index in [0.717, 1.165) is 17.5 Å². The van der Waals surface area contributed by atoms with Crippen LogP contribution in [-0.2, 0) is 11.3 Å². The maximum absolute atomic E-state index is 14.2. The molecule has 0 saturated carbocycles. The molecule has 0 aliphatic carbocycles. The van der Waals surface area contributed by atoms with E-state index in [1.54, 1.807) is 13.2 Å². The Morgan fingerprint density at radius 1 is 1.52 bits per heavy atom. The van der Waals surface area contributed by atoms with E-state index in [0.29, 0.717) is 28.9 Å². The van der Waals surface area contributed by atoms with E-state index in [1.165, 1.54) is 17.4 Å². The zero-order valence-corrected chi connectivity index (χ0v) is 14.5. The van der Waals surface area contributed by atoms with E-state index in [1.807, 2.05) is 11.0 Å². The van der Waals surface area contributed by atoms with Crippen LogP contribution >= 0.6 is 23.7 Å². The van der Waals surface area contributed by atoms with Crippen molar-refractivity contribution in [2.45, 2.75) is 25.5 Å². The summed E-state index contributed by atoms with van der Waals surface area (Å²) in [4.78, 5) is 15.3. The van der Waals surface area contributed by atoms with Gasteiger partial charge in [-0.1, -0.05) is 6.07 Å². The SMILES string of the molecule is COCc1c(C(=O)N2CCCC2CN)sc2cccc(F)c12.Cl. The van der Waals surface area contributed by atoms with Gasteiger partial charge >= 0.3 is 0 Å². The molecule has 1 saturated heterocycles. The highest BCUT2D eigenvalue weighted by molar-refractivity contribution is 7.21. The normalized spacial score (nSPS) is 17.5. The second kappa shape index (κ2) is 7.57. The van der Waals surface area contributed by atoms with Crippen molar-refractivity contribution in [2.75, 3.05) is 20.2 Å². The maximum Gasteiger partial charge on any atom is 0.264 e. The van der Waals surface area contributed by atoms with Crippen LogP contribution in [0.3, 0.4) is 0 Å². The second-order valence-corrected chi connectivity index (χ2v) is 6.54. The third kappa shape index (κ3) is 3.21. The minimum atomic E-state index is -0.309. The Kier molecular flexibility index (Phi) is 5.97. The number of rotatable bonds is 4. The predicted octanol–water partition coefficient (Wildman–Crippen LogP) is 3.17. The topological polar surface area (TPSA) is 55.6 Å². The number of thiophene rings is 1. The molecule has 1 amide bonds. The molecule has 0 radical (unpaired) electrons. The first-order chi connectivity index (χ1) is 10.7. The molecule has 2 heterocycles. The van der Waals surface area contributed by atoms with E-state index in [-0.39, 0.29) is 36.8 Å². The predicted molar refractivity (Wildman–Crippen MR) is 92.9 cm³/mol. The molecule has 1 aromatic carbocycles. The molecule has 2 N–H and O–H groups in total. The van der Waals surface area contributed by atoms with Gasteiger partial charge in [0.1, 0.15) is 5.82 Å². The molecule has 1 aliphatic heterocycles. The van der Waals surface area contributed by atoms with Crippen molar-refractivity contribution in [1.29, 1.82) is 0 Å². The van der Waals surface area contributed by atoms with Crippen LogP contribution in [0, 0.1) is 5.82 Å². The number of carbonyl (C=O) groups excluding carboxylic acids is 1. The lowest BCUT2D eigenvalue weighted by Crippen LogP contribution is -2.39. The molecule has 0 bridgehead atoms. The number of methoxy groups -OCH3 is 1. The summed E-state index contributed by atoms with van der Waals surface area (Å²) >= 11 is 1.33. The molecule has 4 nitrogen and oxygen atoms in total. The van der Waals surface area contributed by atoms with Gasteiger partial charge in [-0.25, -0.2) is 4.39 Å². The Morgan fingerprint density at radius 3 is 3.00 bits per heavy atom. The van der Waals surface area contributed by atoms with Crippen molar-refractivity contribution in [3.63, 3.8) is 0 Å². The molecular formula is C16H20ClFN2O2S. The highest BCUT2D eigenvalue weighted by Gasteiger charge is 2.31. The monoisotopic (exact) mass is 358 g/mol. The van der Waals surface area contributed by atoms with E-state index in [9.17, 15) is 9.18 Å². The van der Waals surface area contributed by atoms with Crippen LogP contribution in [0.25, 0.3) is 10.1 Å². The lowest BCUT2D eigenvalue weighted by Gasteiger charge is -2.23. The van der Waals surface area contributed by atoms with Gasteiger partial charge < -0.3 is 15.4 Å². The van der Waals surface area contributed by atoms with Gasteiger partial charge in [0, 0.05) is 41.9 Å². The highest BCUT2D eigenvalue weighted by Crippen LogP contribution is 2.35. The quantitative estimate of drug-likeness (QED) is 0.913. The molecule has 3 rings (SSSR count). The van der Waals surface area contributed by atoms with Crippen LogP contribution in [0.15, 0.2) is 18.2 Å². The van der Waals surface area contributed by atoms with E-state index in [4.69, 9.17) is 10.5 Å². The van der Waals surface area contributed by atoms with Gasteiger partial charge in [-0.15, -0.1) is 23.7 Å². The Hall–Kier alpha value is -1.21. The third-order valence-electron chi connectivity index (χ3n) is 4.16. The van der Waals surface area contributed by atoms with Crippen LogP contribution in [0.4, 0.5) is 4.39 Å². The molecule has 1 aromatic heterocycles. The number of nitrogens with two attached hydrogens (primary N) is 1. The van der Waals surface area contributed by atoms with E-state index in [2.05, 4.69) is 0 Å². The fourth-order valence-corrected chi connectivity index (χ4v) is 4.28. The zero-order valence-electron chi connectivity index (χ0n) is 12.9. The molecule has 7 heteroatoms. The first-order valence-electron chi connectivity index (χ1n) is 7.37. The van der Waals surface area contributed by atoms with Crippen molar-refractivity contribution in [3.05, 3.63) is 34.5 Å². The van der Waals surface area contributed by atoms with Crippen LogP contribution in [0.5, 0.6) is 0 Å². The summed E-state index contributed by atoms with van der Waals surface area (Å²) in [5, 5.41) is 0.501. The smallest absolute Gasteiger partial charge is 0.264 e. The minimum absolute atomic E-state index is 0. The molecule has 0 spiro atoms. The average molecular weight is 359 g/mol. The Balaban J connectivity index is 0.00000192. The van der Waals surface area contributed by atoms with Crippen molar-refractivity contribution in [2.24, 2.45) is 5.73 Å². The van der Waals surface area contributed by atoms with Crippen molar-refractivity contribution in [3.8, 4) is 0 Å². The van der Waals surface area contributed by atoms with Crippen LogP contribution in [0.1, 0.15) is 28.1 Å². The first-order valence-corrected chi connectivity index (χ1v) is 8.19. The lowest BCUT2D eigenvalue weighted by atomic mass is 10.1. The van der Waals surface area contributed by atoms with Gasteiger partial charge in [-0.05, 0) is 25.0 Å². The largest absolute Gasteiger partial charge is 0.380 e. The number of carbonyl (C=O) groups is 1. The Morgan fingerprint density at radius 2 is 2.30 bits per heavy atom. The third-order valence-corrected chi connectivity index (χ3v) is 5.34. The van der Waals surface area contributed by atoms with Crippen LogP contribution < -0.4 is 5.73 Å². The molecule has 23 heavy (non-hydrogen) atoms. The molecule has 1 fully saturated rings. The molecule has 2 aromatic rings. The zero-order chi connectivity index (χ0) is 15.7. The van der Waals surface area contributed by atoms with Gasteiger partial charge in [0.25, 0.3) is 5.91 Å². The summed E-state index contributed by atoms with van der Waals surface area (Å²) in [7, 11) is 1.55. The summed E-state index contributed by atoms with van der Waals surface area (Å²) < 4.78 is 20.2. The first kappa shape index (κ1) is 18.1. The van der Waals surface area contributed by atoms with Gasteiger partial charge in [0.05, 0.1) is 11.5 Å². The number of hydrogen-bond donors (Lipinski definition) is 1. The lowest BCUT2D eigenvalue weighted by molar-refractivity contribution is 0.0742. The van der Waals surface area contributed by atoms with Crippen molar-refractivity contribution < 1.29 is 13.9 Å². The number of nitrogens with zero attached hydrogens (tertiary/aromatic N) is 1. The van der Waals surface area contributed by atoms with Gasteiger partial charge in [-0.2, -0.15) is 0 Å². The van der Waals surface area contributed by atoms with E-state index >= 15 is 0 Å². The second-order valence-electron chi connectivity index (χ2n) is 5.49. The summed E-state index contributed by atoms with van der Waals surface area (Å²) in [5.41, 5.74) is 6.41. The fourth-order valence-electron chi connectivity index (χ4n) is 3.10. The Labute approximate surface area is 144 Å². The average Bonchev–Trinajstić information content (AvgIpc) is 3.12. The summed E-state index contributed by atoms with van der Waals surface area (Å²) in [6, 6.07) is 5.00. The van der Waals surface area contributed by atoms with E-state index < -0.39 is 0 Å².